The second-order valence-electron chi connectivity index (χ2n) is 4.96. The fourth-order valence-corrected chi connectivity index (χ4v) is 2.12. The molecule has 1 amide bonds. The van der Waals surface area contributed by atoms with Crippen LogP contribution < -0.4 is 10.8 Å². The monoisotopic (exact) mass is 296 g/mol. The molecule has 0 fully saturated rings. The Balaban J connectivity index is 2.01. The highest BCUT2D eigenvalue weighted by Crippen LogP contribution is 2.14. The quantitative estimate of drug-likeness (QED) is 0.435. The van der Waals surface area contributed by atoms with Gasteiger partial charge in [0.15, 0.2) is 0 Å². The summed E-state index contributed by atoms with van der Waals surface area (Å²) >= 11 is 0. The van der Waals surface area contributed by atoms with E-state index in [1.54, 1.807) is 11.6 Å². The number of carbonyl (C=O) groups is 1. The summed E-state index contributed by atoms with van der Waals surface area (Å²) in [4.78, 5) is 11.0. The van der Waals surface area contributed by atoms with Gasteiger partial charge in [-0.2, -0.15) is 0 Å². The first-order valence-corrected chi connectivity index (χ1v) is 7.25. The van der Waals surface area contributed by atoms with E-state index in [9.17, 15) is 4.79 Å². The first kappa shape index (κ1) is 15.8. The van der Waals surface area contributed by atoms with Gasteiger partial charge in [0.2, 0.25) is 0 Å². The van der Waals surface area contributed by atoms with Crippen molar-refractivity contribution in [1.29, 1.82) is 0 Å². The van der Waals surface area contributed by atoms with Crippen LogP contribution in [-0.2, 0) is 17.8 Å². The van der Waals surface area contributed by atoms with Gasteiger partial charge in [0.1, 0.15) is 0 Å². The second kappa shape index (κ2) is 8.00. The minimum Gasteiger partial charge on any atom is -0.381 e. The summed E-state index contributed by atoms with van der Waals surface area (Å²) in [6.07, 6.45) is 3.97. The maximum Gasteiger partial charge on any atom is 0.267 e. The number of carbonyl (C=O) groups excluding carboxylic acids is 1. The van der Waals surface area contributed by atoms with E-state index in [0.717, 1.165) is 23.2 Å². The Morgan fingerprint density at radius 2 is 1.91 bits per heavy atom. The van der Waals surface area contributed by atoms with E-state index >= 15 is 0 Å². The van der Waals surface area contributed by atoms with Gasteiger partial charge in [0.25, 0.3) is 5.91 Å². The predicted octanol–water partition coefficient (Wildman–Crippen LogP) is 3.38. The van der Waals surface area contributed by atoms with Gasteiger partial charge in [-0.1, -0.05) is 37.3 Å². The lowest BCUT2D eigenvalue weighted by Gasteiger charge is -2.08. The number of anilines is 1. The van der Waals surface area contributed by atoms with Crippen molar-refractivity contribution < 1.29 is 10.0 Å². The Bertz CT molecular complexity index is 666. The van der Waals surface area contributed by atoms with Gasteiger partial charge in [-0.15, -0.1) is 0 Å². The molecule has 0 spiro atoms. The zero-order chi connectivity index (χ0) is 15.8. The van der Waals surface area contributed by atoms with E-state index in [2.05, 4.69) is 30.4 Å². The predicted molar refractivity (Wildman–Crippen MR) is 88.6 cm³/mol. The van der Waals surface area contributed by atoms with Gasteiger partial charge >= 0.3 is 0 Å². The number of hydrogen-bond donors (Lipinski definition) is 3. The number of hydroxylamine groups is 1. The topological polar surface area (TPSA) is 61.4 Å². The van der Waals surface area contributed by atoms with Gasteiger partial charge in [-0.25, -0.2) is 5.48 Å². The molecular weight excluding hydrogens is 276 g/mol. The van der Waals surface area contributed by atoms with Gasteiger partial charge in [0, 0.05) is 18.3 Å². The molecule has 2 rings (SSSR count). The van der Waals surface area contributed by atoms with Crippen LogP contribution in [0.3, 0.4) is 0 Å². The lowest BCUT2D eigenvalue weighted by Crippen LogP contribution is -2.14. The van der Waals surface area contributed by atoms with E-state index in [1.807, 2.05) is 30.3 Å². The Morgan fingerprint density at radius 3 is 2.68 bits per heavy atom. The Labute approximate surface area is 130 Å². The molecule has 4 heteroatoms. The molecule has 0 atom stereocenters. The first-order chi connectivity index (χ1) is 10.7. The fourth-order valence-electron chi connectivity index (χ4n) is 2.12. The molecule has 4 nitrogen and oxygen atoms in total. The SMILES string of the molecule is CCc1cccc(NCc2cccc(/C=C/C(=O)NO)c2)c1. The summed E-state index contributed by atoms with van der Waals surface area (Å²) in [6, 6.07) is 16.2. The third-order valence-electron chi connectivity index (χ3n) is 3.32. The summed E-state index contributed by atoms with van der Waals surface area (Å²) in [5.74, 6) is -0.542. The zero-order valence-corrected chi connectivity index (χ0v) is 12.5. The molecular formula is C18H20N2O2. The second-order valence-corrected chi connectivity index (χ2v) is 4.96. The molecule has 0 heterocycles. The largest absolute Gasteiger partial charge is 0.381 e. The van der Waals surface area contributed by atoms with Crippen molar-refractivity contribution in [2.45, 2.75) is 19.9 Å². The van der Waals surface area contributed by atoms with Crippen LogP contribution in [0.4, 0.5) is 5.69 Å². The number of aryl methyl sites for hydroxylation is 1. The summed E-state index contributed by atoms with van der Waals surface area (Å²) in [5, 5.41) is 11.9. The van der Waals surface area contributed by atoms with E-state index in [-0.39, 0.29) is 0 Å². The van der Waals surface area contributed by atoms with E-state index < -0.39 is 5.91 Å². The lowest BCUT2D eigenvalue weighted by molar-refractivity contribution is -0.124. The number of amides is 1. The molecule has 3 N–H and O–H groups in total. The standard InChI is InChI=1S/C18H20N2O2/c1-2-14-5-4-8-17(12-14)19-13-16-7-3-6-15(11-16)9-10-18(21)20-22/h3-12,19,22H,2,13H2,1H3,(H,20,21)/b10-9+. The van der Waals surface area contributed by atoms with Gasteiger partial charge in [-0.3, -0.25) is 10.0 Å². The van der Waals surface area contributed by atoms with Crippen LogP contribution in [-0.4, -0.2) is 11.1 Å². The van der Waals surface area contributed by atoms with Crippen LogP contribution in [0.5, 0.6) is 0 Å². The van der Waals surface area contributed by atoms with Crippen LogP contribution >= 0.6 is 0 Å². The molecule has 2 aromatic rings. The molecule has 0 bridgehead atoms. The third-order valence-corrected chi connectivity index (χ3v) is 3.32. The van der Waals surface area contributed by atoms with Crippen molar-refractivity contribution >= 4 is 17.7 Å². The van der Waals surface area contributed by atoms with Crippen LogP contribution in [0.25, 0.3) is 6.08 Å². The fraction of sp³-hybridized carbons (Fsp3) is 0.167. The molecule has 0 aliphatic heterocycles. The summed E-state index contributed by atoms with van der Waals surface area (Å²) in [7, 11) is 0. The highest BCUT2D eigenvalue weighted by Gasteiger charge is 1.97. The highest BCUT2D eigenvalue weighted by atomic mass is 16.5. The molecule has 22 heavy (non-hydrogen) atoms. The Morgan fingerprint density at radius 1 is 1.14 bits per heavy atom. The van der Waals surface area contributed by atoms with E-state index in [4.69, 9.17) is 5.21 Å². The molecule has 0 saturated heterocycles. The van der Waals surface area contributed by atoms with Crippen LogP contribution in [0.15, 0.2) is 54.6 Å². The van der Waals surface area contributed by atoms with Gasteiger partial charge in [-0.05, 0) is 47.4 Å². The van der Waals surface area contributed by atoms with Crippen molar-refractivity contribution in [1.82, 2.24) is 5.48 Å². The maximum atomic E-state index is 11.0. The Kier molecular flexibility index (Phi) is 5.74. The minimum absolute atomic E-state index is 0.542. The number of rotatable bonds is 6. The number of hydrogen-bond acceptors (Lipinski definition) is 3. The smallest absolute Gasteiger partial charge is 0.267 e. The van der Waals surface area contributed by atoms with Crippen molar-refractivity contribution in [2.75, 3.05) is 5.32 Å². The van der Waals surface area contributed by atoms with Crippen LogP contribution in [0, 0.1) is 0 Å². The summed E-state index contributed by atoms with van der Waals surface area (Å²) in [6.45, 7) is 2.85. The minimum atomic E-state index is -0.542. The molecule has 0 saturated carbocycles. The van der Waals surface area contributed by atoms with Crippen LogP contribution in [0.1, 0.15) is 23.6 Å². The molecule has 0 aliphatic carbocycles. The van der Waals surface area contributed by atoms with Crippen LogP contribution in [0.2, 0.25) is 0 Å². The summed E-state index contributed by atoms with van der Waals surface area (Å²) < 4.78 is 0. The van der Waals surface area contributed by atoms with E-state index in [0.29, 0.717) is 6.54 Å². The molecule has 0 aromatic heterocycles. The van der Waals surface area contributed by atoms with Gasteiger partial charge in [0.05, 0.1) is 0 Å². The molecule has 114 valence electrons. The number of benzene rings is 2. The van der Waals surface area contributed by atoms with E-state index in [1.165, 1.54) is 11.6 Å². The first-order valence-electron chi connectivity index (χ1n) is 7.25. The van der Waals surface area contributed by atoms with Crippen molar-refractivity contribution in [3.8, 4) is 0 Å². The highest BCUT2D eigenvalue weighted by molar-refractivity contribution is 5.90. The third kappa shape index (κ3) is 4.75. The molecule has 0 unspecified atom stereocenters. The normalized spacial score (nSPS) is 10.6. The van der Waals surface area contributed by atoms with Crippen molar-refractivity contribution in [2.24, 2.45) is 0 Å². The van der Waals surface area contributed by atoms with Crippen molar-refractivity contribution in [3.63, 3.8) is 0 Å². The maximum absolute atomic E-state index is 11.0. The molecule has 2 aromatic carbocycles. The van der Waals surface area contributed by atoms with Crippen molar-refractivity contribution in [3.05, 3.63) is 71.3 Å². The molecule has 0 radical (unpaired) electrons. The zero-order valence-electron chi connectivity index (χ0n) is 12.5. The average Bonchev–Trinajstić information content (AvgIpc) is 2.58. The Hall–Kier alpha value is -2.59. The summed E-state index contributed by atoms with van der Waals surface area (Å²) in [5.41, 5.74) is 6.00. The lowest BCUT2D eigenvalue weighted by atomic mass is 10.1. The number of nitrogens with one attached hydrogen (secondary N) is 2. The molecule has 0 aliphatic rings. The van der Waals surface area contributed by atoms with Gasteiger partial charge < -0.3 is 5.32 Å². The average molecular weight is 296 g/mol.